The summed E-state index contributed by atoms with van der Waals surface area (Å²) >= 11 is 0. The molecule has 0 amide bonds. The molecule has 0 heterocycles. The molecule has 6 nitrogen and oxygen atoms in total. The van der Waals surface area contributed by atoms with E-state index in [0.29, 0.717) is 16.7 Å². The van der Waals surface area contributed by atoms with Crippen LogP contribution in [0.3, 0.4) is 0 Å². The van der Waals surface area contributed by atoms with Crippen LogP contribution in [0.15, 0.2) is 84.9 Å². The molecule has 0 radical (unpaired) electrons. The fourth-order valence-electron chi connectivity index (χ4n) is 1.90. The van der Waals surface area contributed by atoms with Crippen LogP contribution in [0.4, 0.5) is 0 Å². The number of hydrogen-bond acceptors (Lipinski definition) is 4. The number of carboxylic acids is 2. The van der Waals surface area contributed by atoms with E-state index in [1.165, 1.54) is 0 Å². The van der Waals surface area contributed by atoms with Gasteiger partial charge in [0.05, 0.1) is 11.1 Å². The number of carboxylic acid groups (broad SMARTS) is 2. The monoisotopic (exact) mass is 382 g/mol. The lowest BCUT2D eigenvalue weighted by Gasteiger charge is -2.02. The molecule has 0 spiro atoms. The first-order chi connectivity index (χ1) is 13.3. The van der Waals surface area contributed by atoms with Gasteiger partial charge in [0.2, 0.25) is 0 Å². The molecule has 3 aromatic carbocycles. The number of hydrogen-bond donors (Lipinski definition) is 4. The van der Waals surface area contributed by atoms with E-state index < -0.39 is 18.2 Å². The van der Waals surface area contributed by atoms with Crippen LogP contribution in [-0.4, -0.2) is 32.4 Å². The Labute approximate surface area is 163 Å². The van der Waals surface area contributed by atoms with E-state index in [0.717, 1.165) is 5.56 Å². The molecule has 3 rings (SSSR count). The smallest absolute Gasteiger partial charge is 0.335 e. The van der Waals surface area contributed by atoms with Gasteiger partial charge in [-0.05, 0) is 31.2 Å². The SMILES string of the molecule is Cc1ccc(C(O)O)cc1.O=C(O)c1ccccc1.O=C(O)c1ccccc1. The zero-order valence-corrected chi connectivity index (χ0v) is 15.3. The van der Waals surface area contributed by atoms with Crippen molar-refractivity contribution in [2.24, 2.45) is 0 Å². The van der Waals surface area contributed by atoms with Gasteiger partial charge in [-0.15, -0.1) is 0 Å². The summed E-state index contributed by atoms with van der Waals surface area (Å²) in [5, 5.41) is 34.1. The number of aliphatic hydroxyl groups excluding tert-OH is 1. The Hall–Kier alpha value is -3.48. The summed E-state index contributed by atoms with van der Waals surface area (Å²) in [5.41, 5.74) is 2.31. The minimum absolute atomic E-state index is 0.331. The first-order valence-corrected chi connectivity index (χ1v) is 8.30. The zero-order chi connectivity index (χ0) is 20.9. The molecule has 0 fully saturated rings. The first kappa shape index (κ1) is 22.6. The van der Waals surface area contributed by atoms with Gasteiger partial charge in [0.25, 0.3) is 0 Å². The summed E-state index contributed by atoms with van der Waals surface area (Å²) in [6.07, 6.45) is -1.35. The van der Waals surface area contributed by atoms with Crippen molar-refractivity contribution in [2.45, 2.75) is 13.2 Å². The summed E-state index contributed by atoms with van der Waals surface area (Å²) < 4.78 is 0. The number of aromatic carboxylic acids is 2. The van der Waals surface area contributed by atoms with E-state index in [1.54, 1.807) is 72.8 Å². The van der Waals surface area contributed by atoms with Crippen LogP contribution in [-0.2, 0) is 0 Å². The Kier molecular flexibility index (Phi) is 9.67. The molecule has 6 heteroatoms. The van der Waals surface area contributed by atoms with Crippen molar-refractivity contribution < 1.29 is 30.0 Å². The summed E-state index contributed by atoms with van der Waals surface area (Å²) in [4.78, 5) is 20.4. The lowest BCUT2D eigenvalue weighted by Crippen LogP contribution is -1.93. The highest BCUT2D eigenvalue weighted by Crippen LogP contribution is 2.09. The minimum atomic E-state index is -1.35. The molecule has 0 saturated heterocycles. The van der Waals surface area contributed by atoms with E-state index in [4.69, 9.17) is 20.4 Å². The van der Waals surface area contributed by atoms with E-state index in [-0.39, 0.29) is 0 Å². The molecular weight excluding hydrogens is 360 g/mol. The molecule has 0 saturated carbocycles. The van der Waals surface area contributed by atoms with Crippen LogP contribution < -0.4 is 0 Å². The van der Waals surface area contributed by atoms with Gasteiger partial charge >= 0.3 is 11.9 Å². The Morgan fingerprint density at radius 2 is 1.00 bits per heavy atom. The normalized spacial score (nSPS) is 9.43. The average molecular weight is 382 g/mol. The van der Waals surface area contributed by atoms with E-state index in [1.807, 2.05) is 19.1 Å². The Bertz CT molecular complexity index is 794. The average Bonchev–Trinajstić information content (AvgIpc) is 2.70. The second-order valence-electron chi connectivity index (χ2n) is 5.63. The number of benzene rings is 3. The number of aryl methyl sites for hydroxylation is 1. The molecule has 0 atom stereocenters. The molecule has 0 aliphatic heterocycles. The van der Waals surface area contributed by atoms with Crippen LogP contribution in [0.1, 0.15) is 38.1 Å². The second-order valence-corrected chi connectivity index (χ2v) is 5.63. The van der Waals surface area contributed by atoms with Crippen molar-refractivity contribution in [1.82, 2.24) is 0 Å². The molecule has 146 valence electrons. The van der Waals surface area contributed by atoms with E-state index in [2.05, 4.69) is 0 Å². The van der Waals surface area contributed by atoms with E-state index >= 15 is 0 Å². The van der Waals surface area contributed by atoms with Crippen LogP contribution in [0.5, 0.6) is 0 Å². The summed E-state index contributed by atoms with van der Waals surface area (Å²) in [6, 6.07) is 23.7. The van der Waals surface area contributed by atoms with Crippen molar-refractivity contribution in [2.75, 3.05) is 0 Å². The van der Waals surface area contributed by atoms with Gasteiger partial charge in [0, 0.05) is 5.56 Å². The molecular formula is C22H22O6. The largest absolute Gasteiger partial charge is 0.478 e. The molecule has 28 heavy (non-hydrogen) atoms. The maximum atomic E-state index is 10.2. The standard InChI is InChI=1S/C8H10O2.2C7H6O2/c1-6-2-4-7(5-3-6)8(9)10;2*8-7(9)6-4-2-1-3-5-6/h2-5,8-10H,1H3;2*1-5H,(H,8,9). The van der Waals surface area contributed by atoms with Crippen LogP contribution >= 0.6 is 0 Å². The number of rotatable bonds is 3. The quantitative estimate of drug-likeness (QED) is 0.513. The van der Waals surface area contributed by atoms with Crippen molar-refractivity contribution in [3.8, 4) is 0 Å². The summed E-state index contributed by atoms with van der Waals surface area (Å²) in [5.74, 6) is -1.76. The van der Waals surface area contributed by atoms with Crippen LogP contribution in [0.25, 0.3) is 0 Å². The maximum Gasteiger partial charge on any atom is 0.335 e. The van der Waals surface area contributed by atoms with Gasteiger partial charge in [-0.1, -0.05) is 66.2 Å². The van der Waals surface area contributed by atoms with Crippen LogP contribution in [0, 0.1) is 6.92 Å². The van der Waals surface area contributed by atoms with Crippen molar-refractivity contribution in [1.29, 1.82) is 0 Å². The Morgan fingerprint density at radius 3 is 1.25 bits per heavy atom. The Morgan fingerprint density at radius 1 is 0.643 bits per heavy atom. The van der Waals surface area contributed by atoms with Crippen molar-refractivity contribution >= 4 is 11.9 Å². The third kappa shape index (κ3) is 8.75. The summed E-state index contributed by atoms with van der Waals surface area (Å²) in [7, 11) is 0. The highest BCUT2D eigenvalue weighted by Gasteiger charge is 1.99. The molecule has 0 aromatic heterocycles. The molecule has 0 unspecified atom stereocenters. The molecule has 0 bridgehead atoms. The van der Waals surface area contributed by atoms with Crippen LogP contribution in [0.2, 0.25) is 0 Å². The third-order valence-corrected chi connectivity index (χ3v) is 3.42. The van der Waals surface area contributed by atoms with Gasteiger partial charge in [0.15, 0.2) is 6.29 Å². The lowest BCUT2D eigenvalue weighted by atomic mass is 10.1. The van der Waals surface area contributed by atoms with Gasteiger partial charge in [-0.25, -0.2) is 9.59 Å². The fraction of sp³-hybridized carbons (Fsp3) is 0.0909. The maximum absolute atomic E-state index is 10.2. The minimum Gasteiger partial charge on any atom is -0.478 e. The second kappa shape index (κ2) is 12.0. The van der Waals surface area contributed by atoms with Crippen molar-refractivity contribution in [3.05, 3.63) is 107 Å². The zero-order valence-electron chi connectivity index (χ0n) is 15.3. The predicted octanol–water partition coefficient (Wildman–Crippen LogP) is 3.75. The third-order valence-electron chi connectivity index (χ3n) is 3.42. The highest BCUT2D eigenvalue weighted by atomic mass is 16.5. The highest BCUT2D eigenvalue weighted by molar-refractivity contribution is 5.87. The number of aliphatic hydroxyl groups is 2. The molecule has 0 aliphatic rings. The molecule has 4 N–H and O–H groups in total. The van der Waals surface area contributed by atoms with Gasteiger partial charge < -0.3 is 20.4 Å². The first-order valence-electron chi connectivity index (χ1n) is 8.30. The van der Waals surface area contributed by atoms with Gasteiger partial charge in [-0.3, -0.25) is 0 Å². The summed E-state index contributed by atoms with van der Waals surface area (Å²) in [6.45, 7) is 1.95. The van der Waals surface area contributed by atoms with E-state index in [9.17, 15) is 9.59 Å². The van der Waals surface area contributed by atoms with Gasteiger partial charge in [0.1, 0.15) is 0 Å². The topological polar surface area (TPSA) is 115 Å². The lowest BCUT2D eigenvalue weighted by molar-refractivity contribution is -0.0424. The predicted molar refractivity (Wildman–Crippen MR) is 105 cm³/mol. The van der Waals surface area contributed by atoms with Crippen molar-refractivity contribution in [3.63, 3.8) is 0 Å². The molecule has 0 aliphatic carbocycles. The number of carbonyl (C=O) groups is 2. The van der Waals surface area contributed by atoms with Gasteiger partial charge in [-0.2, -0.15) is 0 Å². The Balaban J connectivity index is 0.000000210. The fourth-order valence-corrected chi connectivity index (χ4v) is 1.90. The molecule has 3 aromatic rings.